The Bertz CT molecular complexity index is 728. The maximum Gasteiger partial charge on any atom is 0.245 e. The first-order chi connectivity index (χ1) is 9.30. The number of nitrogen functional groups attached to an aromatic ring is 1. The summed E-state index contributed by atoms with van der Waals surface area (Å²) in [4.78, 5) is 5.00. The lowest BCUT2D eigenvalue weighted by Crippen LogP contribution is -2.26. The van der Waals surface area contributed by atoms with E-state index in [1.54, 1.807) is 12.3 Å². The van der Waals surface area contributed by atoms with E-state index in [-0.39, 0.29) is 17.1 Å². The molecule has 1 aromatic heterocycles. The van der Waals surface area contributed by atoms with Gasteiger partial charge in [0, 0.05) is 29.7 Å². The largest absolute Gasteiger partial charge is 0.398 e. The van der Waals surface area contributed by atoms with Crippen molar-refractivity contribution in [1.29, 1.82) is 0 Å². The van der Waals surface area contributed by atoms with E-state index in [2.05, 4.69) is 4.98 Å². The highest BCUT2D eigenvalue weighted by molar-refractivity contribution is 7.89. The van der Waals surface area contributed by atoms with E-state index < -0.39 is 10.0 Å². The highest BCUT2D eigenvalue weighted by atomic mass is 35.5. The van der Waals surface area contributed by atoms with Crippen molar-refractivity contribution in [3.05, 3.63) is 39.3 Å². The standard InChI is InChI=1S/C12H14ClN3O2S2/c1-8-15-6-10(19-8)7-16(2)20(17,18)12-5-9(13)3-4-11(12)14/h3-6H,7,14H2,1-2H3. The number of hydrogen-bond acceptors (Lipinski definition) is 5. The van der Waals surface area contributed by atoms with Gasteiger partial charge in [-0.25, -0.2) is 13.4 Å². The molecule has 0 spiro atoms. The van der Waals surface area contributed by atoms with Crippen molar-refractivity contribution in [1.82, 2.24) is 9.29 Å². The molecule has 5 nitrogen and oxygen atoms in total. The Kier molecular flexibility index (Phi) is 4.33. The average molecular weight is 332 g/mol. The lowest BCUT2D eigenvalue weighted by molar-refractivity contribution is 0.470. The molecule has 0 aliphatic rings. The third kappa shape index (κ3) is 3.12. The van der Waals surface area contributed by atoms with E-state index in [0.717, 1.165) is 9.88 Å². The van der Waals surface area contributed by atoms with Crippen molar-refractivity contribution in [2.24, 2.45) is 0 Å². The summed E-state index contributed by atoms with van der Waals surface area (Å²) in [5.74, 6) is 0. The molecule has 1 heterocycles. The molecule has 8 heteroatoms. The summed E-state index contributed by atoms with van der Waals surface area (Å²) in [6, 6.07) is 4.41. The van der Waals surface area contributed by atoms with Gasteiger partial charge >= 0.3 is 0 Å². The fourth-order valence-electron chi connectivity index (χ4n) is 1.68. The zero-order chi connectivity index (χ0) is 14.9. The van der Waals surface area contributed by atoms with Crippen LogP contribution in [0.15, 0.2) is 29.3 Å². The molecular formula is C12H14ClN3O2S2. The van der Waals surface area contributed by atoms with E-state index in [1.807, 2.05) is 6.92 Å². The van der Waals surface area contributed by atoms with Gasteiger partial charge in [0.2, 0.25) is 10.0 Å². The summed E-state index contributed by atoms with van der Waals surface area (Å²) < 4.78 is 26.2. The Labute approximate surface area is 127 Å². The Morgan fingerprint density at radius 2 is 2.15 bits per heavy atom. The van der Waals surface area contributed by atoms with Crippen LogP contribution >= 0.6 is 22.9 Å². The van der Waals surface area contributed by atoms with Crippen LogP contribution in [0.5, 0.6) is 0 Å². The topological polar surface area (TPSA) is 76.3 Å². The summed E-state index contributed by atoms with van der Waals surface area (Å²) in [6.07, 6.45) is 1.67. The molecule has 108 valence electrons. The van der Waals surface area contributed by atoms with Gasteiger partial charge in [-0.15, -0.1) is 11.3 Å². The van der Waals surface area contributed by atoms with E-state index in [4.69, 9.17) is 17.3 Å². The number of aromatic nitrogens is 1. The number of halogens is 1. The Morgan fingerprint density at radius 3 is 2.75 bits per heavy atom. The molecule has 20 heavy (non-hydrogen) atoms. The number of nitrogens with zero attached hydrogens (tertiary/aromatic N) is 2. The van der Waals surface area contributed by atoms with Crippen molar-refractivity contribution in [3.63, 3.8) is 0 Å². The van der Waals surface area contributed by atoms with Gasteiger partial charge in [0.1, 0.15) is 4.90 Å². The molecule has 0 bridgehead atoms. The van der Waals surface area contributed by atoms with Gasteiger partial charge in [-0.05, 0) is 25.1 Å². The smallest absolute Gasteiger partial charge is 0.245 e. The number of benzene rings is 1. The summed E-state index contributed by atoms with van der Waals surface area (Å²) in [6.45, 7) is 2.12. The van der Waals surface area contributed by atoms with Gasteiger partial charge in [-0.3, -0.25) is 0 Å². The Balaban J connectivity index is 2.32. The maximum absolute atomic E-state index is 12.5. The molecular weight excluding hydrogens is 318 g/mol. The number of thiazole rings is 1. The SMILES string of the molecule is Cc1ncc(CN(C)S(=O)(=O)c2cc(Cl)ccc2N)s1. The summed E-state index contributed by atoms with van der Waals surface area (Å²) in [7, 11) is -2.17. The van der Waals surface area contributed by atoms with Crippen LogP contribution in [-0.2, 0) is 16.6 Å². The lowest BCUT2D eigenvalue weighted by atomic mass is 10.3. The van der Waals surface area contributed by atoms with E-state index in [1.165, 1.54) is 34.8 Å². The van der Waals surface area contributed by atoms with Crippen molar-refractivity contribution in [2.75, 3.05) is 12.8 Å². The Morgan fingerprint density at radius 1 is 1.45 bits per heavy atom. The van der Waals surface area contributed by atoms with Crippen LogP contribution in [0.1, 0.15) is 9.88 Å². The first-order valence-electron chi connectivity index (χ1n) is 5.73. The van der Waals surface area contributed by atoms with Crippen molar-refractivity contribution < 1.29 is 8.42 Å². The molecule has 1 aromatic carbocycles. The molecule has 0 aliphatic heterocycles. The van der Waals surface area contributed by atoms with Gasteiger partial charge < -0.3 is 5.73 Å². The fourth-order valence-corrected chi connectivity index (χ4v) is 4.14. The monoisotopic (exact) mass is 331 g/mol. The maximum atomic E-state index is 12.5. The Hall–Kier alpha value is -1.15. The number of rotatable bonds is 4. The molecule has 0 atom stereocenters. The second-order valence-corrected chi connectivity index (χ2v) is 8.06. The van der Waals surface area contributed by atoms with Crippen molar-refractivity contribution in [2.45, 2.75) is 18.4 Å². The first kappa shape index (κ1) is 15.2. The molecule has 0 amide bonds. The fraction of sp³-hybridized carbons (Fsp3) is 0.250. The number of sulfonamides is 1. The molecule has 2 rings (SSSR count). The van der Waals surface area contributed by atoms with Crippen molar-refractivity contribution in [3.8, 4) is 0 Å². The second kappa shape index (κ2) is 5.69. The predicted octanol–water partition coefficient (Wildman–Crippen LogP) is 2.51. The molecule has 0 saturated carbocycles. The van der Waals surface area contributed by atoms with Gasteiger partial charge in [0.15, 0.2) is 0 Å². The average Bonchev–Trinajstić information content (AvgIpc) is 2.77. The normalized spacial score (nSPS) is 12.0. The number of hydrogen-bond donors (Lipinski definition) is 1. The van der Waals surface area contributed by atoms with E-state index >= 15 is 0 Å². The summed E-state index contributed by atoms with van der Waals surface area (Å²) >= 11 is 7.30. The van der Waals surface area contributed by atoms with Gasteiger partial charge in [0.25, 0.3) is 0 Å². The number of aryl methyl sites for hydroxylation is 1. The molecule has 0 aliphatic carbocycles. The van der Waals surface area contributed by atoms with E-state index in [0.29, 0.717) is 5.02 Å². The first-order valence-corrected chi connectivity index (χ1v) is 8.37. The highest BCUT2D eigenvalue weighted by Crippen LogP contribution is 2.26. The molecule has 2 N–H and O–H groups in total. The van der Waals surface area contributed by atoms with Gasteiger partial charge in [-0.2, -0.15) is 4.31 Å². The zero-order valence-electron chi connectivity index (χ0n) is 11.0. The van der Waals surface area contributed by atoms with Crippen LogP contribution in [0.4, 0.5) is 5.69 Å². The predicted molar refractivity (Wildman–Crippen MR) is 81.4 cm³/mol. The van der Waals surface area contributed by atoms with Crippen molar-refractivity contribution >= 4 is 38.6 Å². The quantitative estimate of drug-likeness (QED) is 0.873. The van der Waals surface area contributed by atoms with Crippen LogP contribution < -0.4 is 5.73 Å². The minimum Gasteiger partial charge on any atom is -0.398 e. The third-order valence-corrected chi connectivity index (χ3v) is 5.70. The lowest BCUT2D eigenvalue weighted by Gasteiger charge is -2.17. The molecule has 0 saturated heterocycles. The summed E-state index contributed by atoms with van der Waals surface area (Å²) in [5.41, 5.74) is 5.92. The van der Waals surface area contributed by atoms with Crippen LogP contribution in [0.3, 0.4) is 0 Å². The minimum atomic E-state index is -3.68. The van der Waals surface area contributed by atoms with Crippen LogP contribution in [0.25, 0.3) is 0 Å². The molecule has 0 unspecified atom stereocenters. The number of nitrogens with two attached hydrogens (primary N) is 1. The van der Waals surface area contributed by atoms with E-state index in [9.17, 15) is 8.42 Å². The third-order valence-electron chi connectivity index (χ3n) is 2.71. The van der Waals surface area contributed by atoms with Crippen LogP contribution in [-0.4, -0.2) is 24.8 Å². The van der Waals surface area contributed by atoms with Crippen LogP contribution in [0.2, 0.25) is 5.02 Å². The summed E-state index contributed by atoms with van der Waals surface area (Å²) in [5, 5.41) is 1.23. The molecule has 2 aromatic rings. The minimum absolute atomic E-state index is 0.0220. The molecule has 0 fully saturated rings. The zero-order valence-corrected chi connectivity index (χ0v) is 13.4. The van der Waals surface area contributed by atoms with Gasteiger partial charge in [0.05, 0.1) is 10.7 Å². The molecule has 0 radical (unpaired) electrons. The number of anilines is 1. The second-order valence-electron chi connectivity index (χ2n) is 4.29. The highest BCUT2D eigenvalue weighted by Gasteiger charge is 2.24. The van der Waals surface area contributed by atoms with Crippen LogP contribution in [0, 0.1) is 6.92 Å². The van der Waals surface area contributed by atoms with Gasteiger partial charge in [-0.1, -0.05) is 11.6 Å².